The van der Waals surface area contributed by atoms with Crippen LogP contribution in [0.3, 0.4) is 0 Å². The second-order valence-corrected chi connectivity index (χ2v) is 7.38. The van der Waals surface area contributed by atoms with Crippen LogP contribution in [-0.2, 0) is 33.8 Å². The molecule has 0 aromatic carbocycles. The SMILES string of the molecule is CC1(C(=O)OCC(N)=O)C(C(=O)O)N2C(=O)CC2S1(=O)=O. The molecule has 0 aliphatic carbocycles. The van der Waals surface area contributed by atoms with E-state index in [-0.39, 0.29) is 6.42 Å². The van der Waals surface area contributed by atoms with Gasteiger partial charge in [0.25, 0.3) is 5.91 Å². The molecule has 2 fully saturated rings. The molecule has 0 spiro atoms. The summed E-state index contributed by atoms with van der Waals surface area (Å²) in [5, 5.41) is 7.83. The van der Waals surface area contributed by atoms with Crippen LogP contribution in [0.25, 0.3) is 0 Å². The van der Waals surface area contributed by atoms with Gasteiger partial charge < -0.3 is 20.5 Å². The lowest BCUT2D eigenvalue weighted by molar-refractivity contribution is -0.163. The molecule has 0 bridgehead atoms. The van der Waals surface area contributed by atoms with E-state index in [0.29, 0.717) is 4.90 Å². The fraction of sp³-hybridized carbons (Fsp3) is 0.600. The van der Waals surface area contributed by atoms with Gasteiger partial charge in [0, 0.05) is 0 Å². The molecular weight excluding hydrogens is 308 g/mol. The summed E-state index contributed by atoms with van der Waals surface area (Å²) in [7, 11) is -4.30. The van der Waals surface area contributed by atoms with E-state index < -0.39 is 56.4 Å². The second-order valence-electron chi connectivity index (χ2n) is 4.90. The largest absolute Gasteiger partial charge is 0.480 e. The van der Waals surface area contributed by atoms with Crippen molar-refractivity contribution in [2.24, 2.45) is 5.73 Å². The van der Waals surface area contributed by atoms with Gasteiger partial charge in [0.2, 0.25) is 5.91 Å². The molecule has 3 N–H and O–H groups in total. The molecular formula is C10H12N2O8S. The summed E-state index contributed by atoms with van der Waals surface area (Å²) in [6, 6.07) is -1.89. The minimum absolute atomic E-state index is 0.384. The van der Waals surface area contributed by atoms with E-state index in [0.717, 1.165) is 6.92 Å². The van der Waals surface area contributed by atoms with Crippen molar-refractivity contribution in [1.82, 2.24) is 4.90 Å². The molecule has 11 heteroatoms. The number of rotatable bonds is 4. The Kier molecular flexibility index (Phi) is 3.20. The molecule has 3 unspecified atom stereocenters. The summed E-state index contributed by atoms with van der Waals surface area (Å²) >= 11 is 0. The van der Waals surface area contributed by atoms with Gasteiger partial charge in [-0.05, 0) is 6.92 Å². The first-order valence-electron chi connectivity index (χ1n) is 5.78. The lowest BCUT2D eigenvalue weighted by Gasteiger charge is -2.35. The van der Waals surface area contributed by atoms with Crippen molar-refractivity contribution in [2.75, 3.05) is 6.61 Å². The summed E-state index contributed by atoms with van der Waals surface area (Å²) in [4.78, 5) is 46.1. The first-order valence-corrected chi connectivity index (χ1v) is 7.32. The average molecular weight is 320 g/mol. The molecule has 3 atom stereocenters. The smallest absolute Gasteiger partial charge is 0.330 e. The Labute approximate surface area is 118 Å². The van der Waals surface area contributed by atoms with Crippen LogP contribution in [0.2, 0.25) is 0 Å². The number of fused-ring (bicyclic) bond motifs is 1. The van der Waals surface area contributed by atoms with E-state index in [1.54, 1.807) is 0 Å². The first kappa shape index (κ1) is 15.2. The Morgan fingerprint density at radius 1 is 1.48 bits per heavy atom. The van der Waals surface area contributed by atoms with Gasteiger partial charge in [-0.3, -0.25) is 14.4 Å². The number of esters is 1. The predicted octanol–water partition coefficient (Wildman–Crippen LogP) is -2.79. The molecule has 2 aliphatic rings. The zero-order valence-corrected chi connectivity index (χ0v) is 11.6. The van der Waals surface area contributed by atoms with E-state index in [1.165, 1.54) is 0 Å². The number of hydrogen-bond acceptors (Lipinski definition) is 7. The minimum Gasteiger partial charge on any atom is -0.480 e. The quantitative estimate of drug-likeness (QED) is 0.415. The zero-order valence-electron chi connectivity index (χ0n) is 10.8. The number of nitrogens with zero attached hydrogens (tertiary/aromatic N) is 1. The number of carboxylic acids is 1. The van der Waals surface area contributed by atoms with Crippen LogP contribution in [0.5, 0.6) is 0 Å². The zero-order chi connectivity index (χ0) is 16.2. The summed E-state index contributed by atoms with van der Waals surface area (Å²) in [5.74, 6) is -4.76. The summed E-state index contributed by atoms with van der Waals surface area (Å²) in [6.45, 7) is -0.00899. The Balaban J connectivity index is 2.47. The van der Waals surface area contributed by atoms with E-state index >= 15 is 0 Å². The summed E-state index contributed by atoms with van der Waals surface area (Å²) in [5.41, 5.74) is 4.79. The molecule has 10 nitrogen and oxygen atoms in total. The maximum atomic E-state index is 12.3. The highest BCUT2D eigenvalue weighted by atomic mass is 32.2. The number of aliphatic carboxylic acids is 1. The highest BCUT2D eigenvalue weighted by molar-refractivity contribution is 7.94. The maximum Gasteiger partial charge on any atom is 0.330 e. The highest BCUT2D eigenvalue weighted by Crippen LogP contribution is 2.46. The van der Waals surface area contributed by atoms with Crippen molar-refractivity contribution in [2.45, 2.75) is 29.5 Å². The number of ether oxygens (including phenoxy) is 1. The van der Waals surface area contributed by atoms with Crippen molar-refractivity contribution in [1.29, 1.82) is 0 Å². The first-order chi connectivity index (χ1) is 9.55. The molecule has 2 rings (SSSR count). The van der Waals surface area contributed by atoms with Gasteiger partial charge in [-0.15, -0.1) is 0 Å². The van der Waals surface area contributed by atoms with Gasteiger partial charge in [-0.1, -0.05) is 0 Å². The fourth-order valence-corrected chi connectivity index (χ4v) is 4.82. The van der Waals surface area contributed by atoms with Gasteiger partial charge in [0.05, 0.1) is 6.42 Å². The van der Waals surface area contributed by atoms with Gasteiger partial charge in [-0.2, -0.15) is 0 Å². The predicted molar refractivity (Wildman–Crippen MR) is 64.2 cm³/mol. The third-order valence-corrected chi connectivity index (χ3v) is 6.36. The second kappa shape index (κ2) is 4.41. The lowest BCUT2D eigenvalue weighted by atomic mass is 9.96. The number of β-lactam (4-membered cyclic amide) rings is 1. The van der Waals surface area contributed by atoms with Gasteiger partial charge in [0.15, 0.2) is 27.2 Å². The summed E-state index contributed by atoms with van der Waals surface area (Å²) < 4.78 is 26.7. The molecule has 2 heterocycles. The number of amides is 2. The fourth-order valence-electron chi connectivity index (χ4n) is 2.54. The number of carboxylic acid groups (broad SMARTS) is 1. The molecule has 21 heavy (non-hydrogen) atoms. The standard InChI is InChI=1S/C10H12N2O8S/c1-10(9(17)20-3-4(11)13)7(8(15)16)12-5(14)2-6(12)21(10,18)19/h6-7H,2-3H2,1H3,(H2,11,13)(H,15,16). The van der Waals surface area contributed by atoms with Crippen LogP contribution in [0.1, 0.15) is 13.3 Å². The maximum absolute atomic E-state index is 12.3. The molecule has 2 amide bonds. The third kappa shape index (κ3) is 1.80. The Bertz CT molecular complexity index is 656. The van der Waals surface area contributed by atoms with Crippen LogP contribution >= 0.6 is 0 Å². The topological polar surface area (TPSA) is 161 Å². The third-order valence-electron chi connectivity index (χ3n) is 3.68. The van der Waals surface area contributed by atoms with E-state index in [2.05, 4.69) is 4.74 Å². The van der Waals surface area contributed by atoms with E-state index in [1.807, 2.05) is 0 Å². The Hall–Kier alpha value is -2.17. The number of carbonyl (C=O) groups excluding carboxylic acids is 3. The van der Waals surface area contributed by atoms with Crippen molar-refractivity contribution in [3.63, 3.8) is 0 Å². The molecule has 0 aromatic rings. The molecule has 0 aromatic heterocycles. The Morgan fingerprint density at radius 2 is 2.05 bits per heavy atom. The van der Waals surface area contributed by atoms with Crippen molar-refractivity contribution in [3.05, 3.63) is 0 Å². The minimum atomic E-state index is -4.30. The number of nitrogens with two attached hydrogens (primary N) is 1. The van der Waals surface area contributed by atoms with Crippen LogP contribution in [0, 0.1) is 0 Å². The van der Waals surface area contributed by atoms with Gasteiger partial charge in [-0.25, -0.2) is 13.2 Å². The normalized spacial score (nSPS) is 33.0. The van der Waals surface area contributed by atoms with Gasteiger partial charge in [0.1, 0.15) is 5.37 Å². The summed E-state index contributed by atoms with van der Waals surface area (Å²) in [6.07, 6.45) is -0.384. The molecule has 0 saturated carbocycles. The number of primary amides is 1. The van der Waals surface area contributed by atoms with Crippen molar-refractivity contribution < 1.29 is 37.4 Å². The van der Waals surface area contributed by atoms with Crippen molar-refractivity contribution >= 4 is 33.6 Å². The average Bonchev–Trinajstić information content (AvgIpc) is 2.50. The van der Waals surface area contributed by atoms with Gasteiger partial charge >= 0.3 is 11.9 Å². The van der Waals surface area contributed by atoms with Crippen LogP contribution in [0.4, 0.5) is 0 Å². The van der Waals surface area contributed by atoms with Crippen molar-refractivity contribution in [3.8, 4) is 0 Å². The van der Waals surface area contributed by atoms with Crippen LogP contribution < -0.4 is 5.73 Å². The molecule has 2 aliphatic heterocycles. The van der Waals surface area contributed by atoms with E-state index in [9.17, 15) is 32.7 Å². The monoisotopic (exact) mass is 320 g/mol. The molecule has 2 saturated heterocycles. The lowest BCUT2D eigenvalue weighted by Crippen LogP contribution is -2.59. The highest BCUT2D eigenvalue weighted by Gasteiger charge is 2.73. The Morgan fingerprint density at radius 3 is 2.48 bits per heavy atom. The molecule has 116 valence electrons. The van der Waals surface area contributed by atoms with E-state index in [4.69, 9.17) is 5.73 Å². The van der Waals surface area contributed by atoms with Crippen LogP contribution in [0.15, 0.2) is 0 Å². The molecule has 0 radical (unpaired) electrons. The number of sulfone groups is 1. The number of hydrogen-bond donors (Lipinski definition) is 2. The number of carbonyl (C=O) groups is 4. The van der Waals surface area contributed by atoms with Crippen LogP contribution in [-0.4, -0.2) is 64.9 Å².